The molecule has 32 heavy (non-hydrogen) atoms. The van der Waals surface area contributed by atoms with Crippen molar-refractivity contribution in [3.63, 3.8) is 0 Å². The van der Waals surface area contributed by atoms with E-state index in [2.05, 4.69) is 15.8 Å². The lowest BCUT2D eigenvalue weighted by molar-refractivity contribution is -0.136. The number of amides is 2. The first-order valence-electron chi connectivity index (χ1n) is 9.64. The Kier molecular flexibility index (Phi) is 7.32. The lowest BCUT2D eigenvalue weighted by Crippen LogP contribution is -2.32. The average Bonchev–Trinajstić information content (AvgIpc) is 2.80. The van der Waals surface area contributed by atoms with Crippen molar-refractivity contribution >= 4 is 29.7 Å². The largest absolute Gasteiger partial charge is 0.495 e. The lowest BCUT2D eigenvalue weighted by Gasteiger charge is -2.09. The van der Waals surface area contributed by atoms with Crippen molar-refractivity contribution in [3.05, 3.63) is 89.5 Å². The molecule has 162 valence electrons. The smallest absolute Gasteiger partial charge is 0.343 e. The van der Waals surface area contributed by atoms with Crippen molar-refractivity contribution in [2.24, 2.45) is 5.10 Å². The number of methoxy groups -OCH3 is 1. The topological polar surface area (TPSA) is 106 Å². The molecular weight excluding hydrogens is 410 g/mol. The molecule has 0 bridgehead atoms. The second-order valence-electron chi connectivity index (χ2n) is 6.60. The van der Waals surface area contributed by atoms with E-state index in [0.29, 0.717) is 22.6 Å². The van der Waals surface area contributed by atoms with Crippen molar-refractivity contribution < 1.29 is 23.9 Å². The summed E-state index contributed by atoms with van der Waals surface area (Å²) in [6.07, 6.45) is 1.29. The van der Waals surface area contributed by atoms with Crippen LogP contribution in [0.25, 0.3) is 0 Å². The van der Waals surface area contributed by atoms with Crippen LogP contribution in [0.3, 0.4) is 0 Å². The van der Waals surface area contributed by atoms with E-state index >= 15 is 0 Å². The second-order valence-corrected chi connectivity index (χ2v) is 6.60. The lowest BCUT2D eigenvalue weighted by atomic mass is 10.1. The average molecular weight is 431 g/mol. The SMILES string of the molecule is COc1ccccc1NC(=O)C(=O)N/N=C/c1ccccc1OC(=O)c1ccccc1C. The molecule has 0 saturated carbocycles. The van der Waals surface area contributed by atoms with Crippen molar-refractivity contribution in [3.8, 4) is 11.5 Å². The van der Waals surface area contributed by atoms with Gasteiger partial charge < -0.3 is 14.8 Å². The molecule has 0 atom stereocenters. The van der Waals surface area contributed by atoms with E-state index < -0.39 is 17.8 Å². The number of aryl methyl sites for hydroxylation is 1. The minimum Gasteiger partial charge on any atom is -0.495 e. The number of benzene rings is 3. The molecule has 3 rings (SSSR count). The molecular formula is C24H21N3O5. The molecule has 3 aromatic carbocycles. The molecule has 8 heteroatoms. The van der Waals surface area contributed by atoms with E-state index in [0.717, 1.165) is 5.56 Å². The van der Waals surface area contributed by atoms with Crippen LogP contribution in [0.4, 0.5) is 5.69 Å². The molecule has 0 aliphatic heterocycles. The number of nitrogens with one attached hydrogen (secondary N) is 2. The van der Waals surface area contributed by atoms with E-state index in [1.54, 1.807) is 60.7 Å². The predicted octanol–water partition coefficient (Wildman–Crippen LogP) is 3.31. The quantitative estimate of drug-likeness (QED) is 0.205. The van der Waals surface area contributed by atoms with Gasteiger partial charge in [0.2, 0.25) is 0 Å². The molecule has 0 radical (unpaired) electrons. The Labute approximate surface area is 184 Å². The fourth-order valence-electron chi connectivity index (χ4n) is 2.78. The number of para-hydroxylation sites is 3. The molecule has 0 spiro atoms. The Morgan fingerprint density at radius 1 is 0.844 bits per heavy atom. The summed E-state index contributed by atoms with van der Waals surface area (Å²) in [6, 6.07) is 20.5. The zero-order valence-electron chi connectivity index (χ0n) is 17.5. The summed E-state index contributed by atoms with van der Waals surface area (Å²) < 4.78 is 10.6. The van der Waals surface area contributed by atoms with Crippen molar-refractivity contribution in [1.82, 2.24) is 5.43 Å². The van der Waals surface area contributed by atoms with Gasteiger partial charge in [0.25, 0.3) is 0 Å². The van der Waals surface area contributed by atoms with E-state index in [1.807, 2.05) is 19.1 Å². The molecule has 2 N–H and O–H groups in total. The first kappa shape index (κ1) is 22.2. The third-order valence-corrected chi connectivity index (χ3v) is 4.42. The van der Waals surface area contributed by atoms with Gasteiger partial charge in [-0.1, -0.05) is 42.5 Å². The van der Waals surface area contributed by atoms with Gasteiger partial charge >= 0.3 is 17.8 Å². The minimum atomic E-state index is -0.971. The number of hydrogen-bond acceptors (Lipinski definition) is 6. The number of esters is 1. The summed E-state index contributed by atoms with van der Waals surface area (Å²) in [5, 5.41) is 6.25. The van der Waals surface area contributed by atoms with Crippen LogP contribution in [0.5, 0.6) is 11.5 Å². The molecule has 0 saturated heterocycles. The van der Waals surface area contributed by atoms with Gasteiger partial charge in [-0.25, -0.2) is 10.2 Å². The molecule has 0 aromatic heterocycles. The number of nitrogens with zero attached hydrogens (tertiary/aromatic N) is 1. The molecule has 0 aliphatic carbocycles. The summed E-state index contributed by atoms with van der Waals surface area (Å²) in [5.41, 5.74) is 4.18. The zero-order valence-corrected chi connectivity index (χ0v) is 17.5. The molecule has 0 fully saturated rings. The highest BCUT2D eigenvalue weighted by molar-refractivity contribution is 6.39. The van der Waals surface area contributed by atoms with Crippen LogP contribution in [-0.2, 0) is 9.59 Å². The fraction of sp³-hybridized carbons (Fsp3) is 0.0833. The van der Waals surface area contributed by atoms with Gasteiger partial charge in [-0.2, -0.15) is 5.10 Å². The molecule has 0 heterocycles. The molecule has 0 unspecified atom stereocenters. The van der Waals surface area contributed by atoms with Crippen molar-refractivity contribution in [1.29, 1.82) is 0 Å². The van der Waals surface area contributed by atoms with Gasteiger partial charge in [-0.3, -0.25) is 9.59 Å². The number of rotatable bonds is 6. The predicted molar refractivity (Wildman–Crippen MR) is 120 cm³/mol. The van der Waals surface area contributed by atoms with Gasteiger partial charge in [0.05, 0.1) is 24.6 Å². The number of carbonyl (C=O) groups is 3. The Bertz CT molecular complexity index is 1170. The first-order chi connectivity index (χ1) is 15.5. The monoisotopic (exact) mass is 431 g/mol. The highest BCUT2D eigenvalue weighted by Crippen LogP contribution is 2.23. The van der Waals surface area contributed by atoms with Gasteiger partial charge in [0.1, 0.15) is 11.5 Å². The van der Waals surface area contributed by atoms with Crippen LogP contribution in [0.1, 0.15) is 21.5 Å². The third-order valence-electron chi connectivity index (χ3n) is 4.42. The first-order valence-corrected chi connectivity index (χ1v) is 9.64. The van der Waals surface area contributed by atoms with Crippen LogP contribution in [0.2, 0.25) is 0 Å². The number of carbonyl (C=O) groups excluding carboxylic acids is 3. The van der Waals surface area contributed by atoms with Gasteiger partial charge in [-0.05, 0) is 42.8 Å². The van der Waals surface area contributed by atoms with Gasteiger partial charge in [-0.15, -0.1) is 0 Å². The zero-order chi connectivity index (χ0) is 22.9. The number of hydrogen-bond donors (Lipinski definition) is 2. The number of hydrazone groups is 1. The Hall–Kier alpha value is -4.46. The van der Waals surface area contributed by atoms with Crippen LogP contribution >= 0.6 is 0 Å². The van der Waals surface area contributed by atoms with E-state index in [-0.39, 0.29) is 5.75 Å². The number of anilines is 1. The molecule has 8 nitrogen and oxygen atoms in total. The minimum absolute atomic E-state index is 0.261. The summed E-state index contributed by atoms with van der Waals surface area (Å²) in [4.78, 5) is 36.6. The summed E-state index contributed by atoms with van der Waals surface area (Å²) in [6.45, 7) is 1.82. The summed E-state index contributed by atoms with van der Waals surface area (Å²) >= 11 is 0. The van der Waals surface area contributed by atoms with Crippen molar-refractivity contribution in [2.75, 3.05) is 12.4 Å². The van der Waals surface area contributed by atoms with Gasteiger partial charge in [0, 0.05) is 5.56 Å². The van der Waals surface area contributed by atoms with E-state index in [4.69, 9.17) is 9.47 Å². The van der Waals surface area contributed by atoms with E-state index in [9.17, 15) is 14.4 Å². The van der Waals surface area contributed by atoms with Crippen LogP contribution in [0.15, 0.2) is 77.9 Å². The van der Waals surface area contributed by atoms with Crippen LogP contribution < -0.4 is 20.2 Å². The second kappa shape index (κ2) is 10.5. The Balaban J connectivity index is 1.64. The van der Waals surface area contributed by atoms with Crippen LogP contribution in [-0.4, -0.2) is 31.1 Å². The Morgan fingerprint density at radius 3 is 2.25 bits per heavy atom. The standard InChI is InChI=1S/C24H21N3O5/c1-16-9-3-5-11-18(16)24(30)32-20-13-7-4-10-17(20)15-25-27-23(29)22(28)26-19-12-6-8-14-21(19)31-2/h3-15H,1-2H3,(H,26,28)(H,27,29)/b25-15+. The molecule has 2 amide bonds. The number of ether oxygens (including phenoxy) is 2. The van der Waals surface area contributed by atoms with Crippen molar-refractivity contribution in [2.45, 2.75) is 6.92 Å². The third kappa shape index (κ3) is 5.57. The Morgan fingerprint density at radius 2 is 1.50 bits per heavy atom. The van der Waals surface area contributed by atoms with Crippen LogP contribution in [0, 0.1) is 6.92 Å². The maximum absolute atomic E-state index is 12.5. The summed E-state index contributed by atoms with van der Waals surface area (Å²) in [7, 11) is 1.46. The highest BCUT2D eigenvalue weighted by atomic mass is 16.5. The van der Waals surface area contributed by atoms with Gasteiger partial charge in [0.15, 0.2) is 0 Å². The maximum Gasteiger partial charge on any atom is 0.343 e. The fourth-order valence-corrected chi connectivity index (χ4v) is 2.78. The summed E-state index contributed by atoms with van der Waals surface area (Å²) in [5.74, 6) is -1.71. The normalized spacial score (nSPS) is 10.4. The maximum atomic E-state index is 12.5. The molecule has 3 aromatic rings. The van der Waals surface area contributed by atoms with E-state index in [1.165, 1.54) is 13.3 Å². The molecule has 0 aliphatic rings. The highest BCUT2D eigenvalue weighted by Gasteiger charge is 2.16.